The van der Waals surface area contributed by atoms with Crippen molar-refractivity contribution in [1.82, 2.24) is 10.2 Å². The Hall–Kier alpha value is -1.57. The summed E-state index contributed by atoms with van der Waals surface area (Å²) in [5.74, 6) is 0. The zero-order valence-corrected chi connectivity index (χ0v) is 9.62. The van der Waals surface area contributed by atoms with Crippen molar-refractivity contribution >= 4 is 0 Å². The van der Waals surface area contributed by atoms with E-state index in [1.807, 2.05) is 31.2 Å². The molecule has 0 saturated heterocycles. The average molecular weight is 204 g/mol. The fourth-order valence-electron chi connectivity index (χ4n) is 1.17. The lowest BCUT2D eigenvalue weighted by molar-refractivity contribution is 1.05. The molecule has 0 radical (unpaired) electrons. The highest BCUT2D eigenvalue weighted by Gasteiger charge is 1.98. The van der Waals surface area contributed by atoms with E-state index >= 15 is 0 Å². The third kappa shape index (κ3) is 3.58. The number of nitrogens with zero attached hydrogens (tertiary/aromatic N) is 1. The van der Waals surface area contributed by atoms with Gasteiger partial charge in [0, 0.05) is 12.7 Å². The van der Waals surface area contributed by atoms with Gasteiger partial charge in [0.2, 0.25) is 0 Å². The first kappa shape index (κ1) is 11.5. The first-order chi connectivity index (χ1) is 7.27. The van der Waals surface area contributed by atoms with Gasteiger partial charge in [-0.2, -0.15) is 5.10 Å². The van der Waals surface area contributed by atoms with Gasteiger partial charge in [-0.15, -0.1) is 0 Å². The van der Waals surface area contributed by atoms with Crippen LogP contribution in [-0.2, 0) is 0 Å². The first-order valence-corrected chi connectivity index (χ1v) is 5.35. The Morgan fingerprint density at radius 2 is 1.80 bits per heavy atom. The van der Waals surface area contributed by atoms with Crippen LogP contribution in [0.4, 0.5) is 0 Å². The lowest BCUT2D eigenvalue weighted by atomic mass is 10.1. The summed E-state index contributed by atoms with van der Waals surface area (Å²) in [5.41, 5.74) is 3.25. The van der Waals surface area contributed by atoms with Crippen molar-refractivity contribution < 1.29 is 1.43 Å². The van der Waals surface area contributed by atoms with E-state index in [-0.39, 0.29) is 1.43 Å². The maximum Gasteiger partial charge on any atom is 0.0923 e. The minimum absolute atomic E-state index is 0. The highest BCUT2D eigenvalue weighted by molar-refractivity contribution is 5.58. The van der Waals surface area contributed by atoms with Gasteiger partial charge in [-0.25, -0.2) is 0 Å². The molecule has 0 bridgehead atoms. The van der Waals surface area contributed by atoms with E-state index in [0.29, 0.717) is 0 Å². The molecule has 2 nitrogen and oxygen atoms in total. The highest BCUT2D eigenvalue weighted by atomic mass is 15.1. The van der Waals surface area contributed by atoms with Crippen LogP contribution >= 0.6 is 0 Å². The Balaban J connectivity index is 0.000000511. The van der Waals surface area contributed by atoms with Crippen molar-refractivity contribution in [2.75, 3.05) is 0 Å². The number of rotatable bonds is 1. The zero-order chi connectivity index (χ0) is 11.1. The third-order valence-electron chi connectivity index (χ3n) is 1.78. The smallest absolute Gasteiger partial charge is 0.0923 e. The highest BCUT2D eigenvalue weighted by Crippen LogP contribution is 2.15. The monoisotopic (exact) mass is 204 g/mol. The maximum absolute atomic E-state index is 4.16. The molecule has 0 amide bonds. The van der Waals surface area contributed by atoms with Gasteiger partial charge in [-0.1, -0.05) is 50.6 Å². The number of aromatic nitrogens is 2. The summed E-state index contributed by atoms with van der Waals surface area (Å²) in [4.78, 5) is 0. The van der Waals surface area contributed by atoms with Crippen LogP contribution in [0, 0.1) is 6.92 Å². The predicted octanol–water partition coefficient (Wildman–Crippen LogP) is 4.05. The van der Waals surface area contributed by atoms with Gasteiger partial charge in [0.25, 0.3) is 0 Å². The van der Waals surface area contributed by atoms with Crippen LogP contribution in [0.2, 0.25) is 0 Å². The van der Waals surface area contributed by atoms with Gasteiger partial charge >= 0.3 is 0 Å². The molecule has 0 aliphatic heterocycles. The number of H-pyrrole nitrogens is 1. The van der Waals surface area contributed by atoms with E-state index in [4.69, 9.17) is 0 Å². The van der Waals surface area contributed by atoms with Crippen molar-refractivity contribution in [3.05, 3.63) is 42.1 Å². The van der Waals surface area contributed by atoms with Crippen LogP contribution in [0.25, 0.3) is 11.3 Å². The van der Waals surface area contributed by atoms with E-state index in [9.17, 15) is 0 Å². The number of hydrogen-bond donors (Lipinski definition) is 1. The Morgan fingerprint density at radius 1 is 1.20 bits per heavy atom. The second-order valence-corrected chi connectivity index (χ2v) is 3.51. The summed E-state index contributed by atoms with van der Waals surface area (Å²) < 4.78 is 0. The Labute approximate surface area is 92.8 Å². The maximum atomic E-state index is 4.16. The summed E-state index contributed by atoms with van der Waals surface area (Å²) in [5, 5.41) is 7.08. The summed E-state index contributed by atoms with van der Waals surface area (Å²) in [7, 11) is 0. The molecule has 1 heterocycles. The molecule has 82 valence electrons. The minimum Gasteiger partial charge on any atom is -0.282 e. The van der Waals surface area contributed by atoms with E-state index in [2.05, 4.69) is 36.2 Å². The van der Waals surface area contributed by atoms with Crippen molar-refractivity contribution in [1.29, 1.82) is 0 Å². The van der Waals surface area contributed by atoms with Crippen LogP contribution in [0.3, 0.4) is 0 Å². The predicted molar refractivity (Wildman–Crippen MR) is 66.8 cm³/mol. The number of hydrogen-bond acceptors (Lipinski definition) is 1. The second kappa shape index (κ2) is 6.02. The van der Waals surface area contributed by atoms with Gasteiger partial charge in [0.1, 0.15) is 0 Å². The van der Waals surface area contributed by atoms with Gasteiger partial charge in [-0.05, 0) is 13.0 Å². The molecular weight excluding hydrogens is 184 g/mol. The molecule has 0 saturated carbocycles. The van der Waals surface area contributed by atoms with Crippen molar-refractivity contribution in [3.63, 3.8) is 0 Å². The van der Waals surface area contributed by atoms with E-state index < -0.39 is 0 Å². The van der Waals surface area contributed by atoms with Gasteiger partial charge < -0.3 is 0 Å². The normalized spacial score (nSPS) is 9.27. The van der Waals surface area contributed by atoms with Gasteiger partial charge in [0.05, 0.1) is 5.69 Å². The van der Waals surface area contributed by atoms with E-state index in [1.165, 1.54) is 6.42 Å². The molecule has 1 aromatic carbocycles. The quantitative estimate of drug-likeness (QED) is 0.746. The molecule has 0 spiro atoms. The molecule has 15 heavy (non-hydrogen) atoms. The number of nitrogens with one attached hydrogen (secondary N) is 1. The molecule has 0 unspecified atom stereocenters. The molecule has 1 aromatic heterocycles. The molecule has 0 aliphatic carbocycles. The SMILES string of the molecule is CCC.Cc1cc(-c2ccccc2)n[nH]1.[HH]. The topological polar surface area (TPSA) is 28.7 Å². The second-order valence-electron chi connectivity index (χ2n) is 3.51. The molecule has 0 aliphatic rings. The largest absolute Gasteiger partial charge is 0.282 e. The Morgan fingerprint density at radius 3 is 2.27 bits per heavy atom. The number of benzene rings is 1. The standard InChI is InChI=1S/C10H10N2.C3H8.H2/c1-8-7-10(12-11-8)9-5-3-2-4-6-9;1-3-2;/h2-7H,1H3,(H,11,12);3H2,1-2H3;1H. The number of aryl methyl sites for hydroxylation is 1. The van der Waals surface area contributed by atoms with Crippen LogP contribution in [0.15, 0.2) is 36.4 Å². The molecular formula is C13H20N2. The fraction of sp³-hybridized carbons (Fsp3) is 0.308. The van der Waals surface area contributed by atoms with Crippen LogP contribution in [0.5, 0.6) is 0 Å². The molecule has 2 rings (SSSR count). The lowest BCUT2D eigenvalue weighted by Crippen LogP contribution is -1.75. The van der Waals surface area contributed by atoms with Crippen molar-refractivity contribution in [3.8, 4) is 11.3 Å². The lowest BCUT2D eigenvalue weighted by Gasteiger charge is -1.92. The minimum atomic E-state index is 0. The zero-order valence-electron chi connectivity index (χ0n) is 9.62. The van der Waals surface area contributed by atoms with Crippen LogP contribution < -0.4 is 0 Å². The third-order valence-corrected chi connectivity index (χ3v) is 1.78. The van der Waals surface area contributed by atoms with E-state index in [1.54, 1.807) is 0 Å². The fourth-order valence-corrected chi connectivity index (χ4v) is 1.17. The van der Waals surface area contributed by atoms with Crippen LogP contribution in [-0.4, -0.2) is 10.2 Å². The molecule has 0 fully saturated rings. The summed E-state index contributed by atoms with van der Waals surface area (Å²) in [6, 6.07) is 12.2. The summed E-state index contributed by atoms with van der Waals surface area (Å²) in [6.45, 7) is 6.25. The first-order valence-electron chi connectivity index (χ1n) is 5.35. The summed E-state index contributed by atoms with van der Waals surface area (Å²) in [6.07, 6.45) is 1.25. The van der Waals surface area contributed by atoms with Crippen molar-refractivity contribution in [2.45, 2.75) is 27.2 Å². The average Bonchev–Trinajstić information content (AvgIpc) is 2.67. The van der Waals surface area contributed by atoms with Crippen LogP contribution in [0.1, 0.15) is 27.4 Å². The molecule has 2 aromatic rings. The van der Waals surface area contributed by atoms with Gasteiger partial charge in [0.15, 0.2) is 0 Å². The van der Waals surface area contributed by atoms with E-state index in [0.717, 1.165) is 17.0 Å². The van der Waals surface area contributed by atoms with Crippen molar-refractivity contribution in [2.24, 2.45) is 0 Å². The van der Waals surface area contributed by atoms with Gasteiger partial charge in [-0.3, -0.25) is 5.10 Å². The Kier molecular flexibility index (Phi) is 4.61. The number of aromatic amines is 1. The molecule has 2 heteroatoms. The summed E-state index contributed by atoms with van der Waals surface area (Å²) >= 11 is 0. The Bertz CT molecular complexity index is 382. The molecule has 0 atom stereocenters. The molecule has 1 N–H and O–H groups in total.